The van der Waals surface area contributed by atoms with Crippen molar-refractivity contribution in [1.29, 1.82) is 0 Å². The van der Waals surface area contributed by atoms with Crippen molar-refractivity contribution in [2.24, 2.45) is 0 Å². The summed E-state index contributed by atoms with van der Waals surface area (Å²) >= 11 is 6.14. The molecule has 1 aliphatic heterocycles. The first-order valence-corrected chi connectivity index (χ1v) is 8.84. The third-order valence-electron chi connectivity index (χ3n) is 3.92. The highest BCUT2D eigenvalue weighted by molar-refractivity contribution is 7.89. The van der Waals surface area contributed by atoms with E-state index < -0.39 is 10.0 Å². The molecule has 1 heterocycles. The summed E-state index contributed by atoms with van der Waals surface area (Å²) in [6, 6.07) is 3.24. The van der Waals surface area contributed by atoms with E-state index in [0.717, 1.165) is 12.8 Å². The van der Waals surface area contributed by atoms with Crippen molar-refractivity contribution < 1.29 is 17.9 Å². The quantitative estimate of drug-likeness (QED) is 0.877. The average molecular weight is 349 g/mol. The molecule has 0 radical (unpaired) electrons. The number of benzene rings is 1. The molecular formula is C14H21ClN2O4S. The fourth-order valence-electron chi connectivity index (χ4n) is 2.56. The van der Waals surface area contributed by atoms with Crippen molar-refractivity contribution in [2.75, 3.05) is 34.4 Å². The number of hydrogen-bond acceptors (Lipinski definition) is 5. The molecule has 0 unspecified atom stereocenters. The number of halogens is 1. The maximum atomic E-state index is 12.8. The molecule has 1 fully saturated rings. The van der Waals surface area contributed by atoms with Crippen LogP contribution in [0.2, 0.25) is 5.02 Å². The summed E-state index contributed by atoms with van der Waals surface area (Å²) in [5.41, 5.74) is 0. The summed E-state index contributed by atoms with van der Waals surface area (Å²) < 4.78 is 37.4. The highest BCUT2D eigenvalue weighted by Gasteiger charge is 2.31. The second-order valence-electron chi connectivity index (χ2n) is 5.10. The number of hydrogen-bond donors (Lipinski definition) is 1. The van der Waals surface area contributed by atoms with Crippen molar-refractivity contribution in [2.45, 2.75) is 23.8 Å². The largest absolute Gasteiger partial charge is 0.493 e. The number of piperidine rings is 1. The van der Waals surface area contributed by atoms with Crippen LogP contribution in [-0.2, 0) is 10.0 Å². The van der Waals surface area contributed by atoms with Gasteiger partial charge in [0.25, 0.3) is 0 Å². The fraction of sp³-hybridized carbons (Fsp3) is 0.571. The summed E-state index contributed by atoms with van der Waals surface area (Å²) in [7, 11) is 1.18. The molecule has 22 heavy (non-hydrogen) atoms. The number of sulfonamides is 1. The van der Waals surface area contributed by atoms with Gasteiger partial charge in [0.05, 0.1) is 19.2 Å². The Labute approximate surface area is 136 Å². The summed E-state index contributed by atoms with van der Waals surface area (Å²) in [4.78, 5) is 0.0507. The lowest BCUT2D eigenvalue weighted by molar-refractivity contribution is 0.298. The Balaban J connectivity index is 2.34. The van der Waals surface area contributed by atoms with E-state index in [-0.39, 0.29) is 9.92 Å². The van der Waals surface area contributed by atoms with Crippen molar-refractivity contribution in [3.63, 3.8) is 0 Å². The average Bonchev–Trinajstić information content (AvgIpc) is 2.54. The maximum Gasteiger partial charge on any atom is 0.244 e. The van der Waals surface area contributed by atoms with Crippen LogP contribution < -0.4 is 14.8 Å². The van der Waals surface area contributed by atoms with E-state index in [1.807, 2.05) is 7.05 Å². The molecular weight excluding hydrogens is 328 g/mol. The standard InChI is InChI=1S/C14H21ClN2O4S/c1-16-10-4-6-17(7-5-10)22(18,19)14-9-13(21-3)12(20-2)8-11(14)15/h8-10,16H,4-7H2,1-3H3. The minimum Gasteiger partial charge on any atom is -0.493 e. The first kappa shape index (κ1) is 17.3. The van der Waals surface area contributed by atoms with E-state index in [2.05, 4.69) is 5.32 Å². The molecule has 0 aromatic heterocycles. The fourth-order valence-corrected chi connectivity index (χ4v) is 4.53. The first-order valence-electron chi connectivity index (χ1n) is 7.03. The van der Waals surface area contributed by atoms with Gasteiger partial charge in [-0.1, -0.05) is 11.6 Å². The summed E-state index contributed by atoms with van der Waals surface area (Å²) in [6.45, 7) is 0.941. The SMILES string of the molecule is CNC1CCN(S(=O)(=O)c2cc(OC)c(OC)cc2Cl)CC1. The van der Waals surface area contributed by atoms with Gasteiger partial charge in [0, 0.05) is 31.3 Å². The predicted octanol–water partition coefficient (Wildman–Crippen LogP) is 1.73. The first-order chi connectivity index (χ1) is 10.4. The van der Waals surface area contributed by atoms with E-state index >= 15 is 0 Å². The van der Waals surface area contributed by atoms with Gasteiger partial charge in [-0.25, -0.2) is 8.42 Å². The van der Waals surface area contributed by atoms with Crippen LogP contribution in [0, 0.1) is 0 Å². The molecule has 1 aliphatic rings. The van der Waals surface area contributed by atoms with Gasteiger partial charge in [0.15, 0.2) is 11.5 Å². The highest BCUT2D eigenvalue weighted by Crippen LogP contribution is 2.36. The van der Waals surface area contributed by atoms with Crippen LogP contribution in [0.4, 0.5) is 0 Å². The smallest absolute Gasteiger partial charge is 0.244 e. The Morgan fingerprint density at radius 2 is 1.73 bits per heavy atom. The Bertz CT molecular complexity index is 628. The molecule has 0 atom stereocenters. The monoisotopic (exact) mass is 348 g/mol. The number of nitrogens with zero attached hydrogens (tertiary/aromatic N) is 1. The lowest BCUT2D eigenvalue weighted by atomic mass is 10.1. The van der Waals surface area contributed by atoms with Crippen LogP contribution in [0.5, 0.6) is 11.5 Å². The molecule has 0 amide bonds. The Morgan fingerprint density at radius 1 is 1.18 bits per heavy atom. The highest BCUT2D eigenvalue weighted by atomic mass is 35.5. The maximum absolute atomic E-state index is 12.8. The van der Waals surface area contributed by atoms with Crippen molar-refractivity contribution in [1.82, 2.24) is 9.62 Å². The van der Waals surface area contributed by atoms with Crippen molar-refractivity contribution in [3.05, 3.63) is 17.2 Å². The van der Waals surface area contributed by atoms with E-state index in [0.29, 0.717) is 30.6 Å². The molecule has 0 saturated carbocycles. The van der Waals surface area contributed by atoms with Crippen molar-refractivity contribution >= 4 is 21.6 Å². The number of rotatable bonds is 5. The lowest BCUT2D eigenvalue weighted by Gasteiger charge is -2.31. The van der Waals surface area contributed by atoms with Crippen molar-refractivity contribution in [3.8, 4) is 11.5 Å². The van der Waals surface area contributed by atoms with Crippen LogP contribution in [0.1, 0.15) is 12.8 Å². The van der Waals surface area contributed by atoms with Crippen LogP contribution in [0.15, 0.2) is 17.0 Å². The molecule has 1 saturated heterocycles. The normalized spacial score (nSPS) is 17.5. The van der Waals surface area contributed by atoms with Crippen LogP contribution in [0.3, 0.4) is 0 Å². The molecule has 124 valence electrons. The zero-order valence-electron chi connectivity index (χ0n) is 12.9. The predicted molar refractivity (Wildman–Crippen MR) is 85.4 cm³/mol. The van der Waals surface area contributed by atoms with Gasteiger partial charge < -0.3 is 14.8 Å². The van der Waals surface area contributed by atoms with Crippen LogP contribution >= 0.6 is 11.6 Å². The van der Waals surface area contributed by atoms with Gasteiger partial charge >= 0.3 is 0 Å². The molecule has 0 bridgehead atoms. The molecule has 1 N–H and O–H groups in total. The van der Waals surface area contributed by atoms with Crippen LogP contribution in [-0.4, -0.2) is 53.1 Å². The van der Waals surface area contributed by atoms with E-state index in [4.69, 9.17) is 21.1 Å². The van der Waals surface area contributed by atoms with Gasteiger partial charge in [-0.2, -0.15) is 4.31 Å². The second-order valence-corrected chi connectivity index (χ2v) is 7.42. The minimum absolute atomic E-state index is 0.0507. The van der Waals surface area contributed by atoms with Gasteiger partial charge in [0.1, 0.15) is 4.90 Å². The minimum atomic E-state index is -3.64. The Hall–Kier alpha value is -1.02. The number of nitrogens with one attached hydrogen (secondary N) is 1. The van der Waals surface area contributed by atoms with Gasteiger partial charge in [-0.15, -0.1) is 0 Å². The van der Waals surface area contributed by atoms with Crippen LogP contribution in [0.25, 0.3) is 0 Å². The van der Waals surface area contributed by atoms with E-state index in [1.54, 1.807) is 0 Å². The van der Waals surface area contributed by atoms with Gasteiger partial charge in [-0.05, 0) is 19.9 Å². The Kier molecular flexibility index (Phi) is 5.55. The lowest BCUT2D eigenvalue weighted by Crippen LogP contribution is -2.43. The third kappa shape index (κ3) is 3.32. The molecule has 8 heteroatoms. The molecule has 2 rings (SSSR count). The zero-order valence-corrected chi connectivity index (χ0v) is 14.5. The van der Waals surface area contributed by atoms with E-state index in [9.17, 15) is 8.42 Å². The third-order valence-corrected chi connectivity index (χ3v) is 6.28. The summed E-state index contributed by atoms with van der Waals surface area (Å²) in [6.07, 6.45) is 1.56. The van der Waals surface area contributed by atoms with E-state index in [1.165, 1.54) is 30.7 Å². The zero-order chi connectivity index (χ0) is 16.3. The number of methoxy groups -OCH3 is 2. The van der Waals surface area contributed by atoms with Gasteiger partial charge in [0.2, 0.25) is 10.0 Å². The summed E-state index contributed by atoms with van der Waals surface area (Å²) in [5.74, 6) is 0.746. The van der Waals surface area contributed by atoms with Gasteiger partial charge in [-0.3, -0.25) is 0 Å². The number of ether oxygens (including phenoxy) is 2. The molecule has 0 spiro atoms. The molecule has 0 aliphatic carbocycles. The molecule has 1 aromatic rings. The molecule has 1 aromatic carbocycles. The summed E-state index contributed by atoms with van der Waals surface area (Å²) in [5, 5.41) is 3.31. The topological polar surface area (TPSA) is 67.9 Å². The second kappa shape index (κ2) is 7.04. The Morgan fingerprint density at radius 3 is 2.23 bits per heavy atom. The molecule has 6 nitrogen and oxygen atoms in total.